The van der Waals surface area contributed by atoms with Gasteiger partial charge in [0.2, 0.25) is 0 Å². The Bertz CT molecular complexity index is 1040. The number of H-pyrrole nitrogens is 1. The van der Waals surface area contributed by atoms with Crippen LogP contribution in [0.1, 0.15) is 15.9 Å². The molecule has 0 saturated carbocycles. The van der Waals surface area contributed by atoms with Crippen LogP contribution in [0.15, 0.2) is 85.1 Å². The average Bonchev–Trinajstić information content (AvgIpc) is 3.10. The smallest absolute Gasteiger partial charge is 0.260 e. The van der Waals surface area contributed by atoms with Crippen molar-refractivity contribution in [3.05, 3.63) is 102 Å². The first-order chi connectivity index (χ1) is 12.7. The Morgan fingerprint density at radius 1 is 0.923 bits per heavy atom. The number of carbonyl (C=O) groups is 1. The molecule has 128 valence electrons. The maximum Gasteiger partial charge on any atom is 0.260 e. The fourth-order valence-corrected chi connectivity index (χ4v) is 3.08. The molecule has 1 aromatic heterocycles. The van der Waals surface area contributed by atoms with E-state index in [4.69, 9.17) is 0 Å². The number of fused-ring (bicyclic) bond motifs is 1. The molecule has 0 unspecified atom stereocenters. The molecule has 0 aliphatic carbocycles. The fraction of sp³-hybridized carbons (Fsp3) is 0.0455. The summed E-state index contributed by atoms with van der Waals surface area (Å²) < 4.78 is 13.4. The zero-order valence-corrected chi connectivity index (χ0v) is 14.0. The summed E-state index contributed by atoms with van der Waals surface area (Å²) in [5.41, 5.74) is 2.99. The lowest BCUT2D eigenvalue weighted by Crippen LogP contribution is -2.30. The highest BCUT2D eigenvalue weighted by Crippen LogP contribution is 2.25. The third kappa shape index (κ3) is 3.09. The fourth-order valence-electron chi connectivity index (χ4n) is 3.08. The predicted octanol–water partition coefficient (Wildman–Crippen LogP) is 5.15. The summed E-state index contributed by atoms with van der Waals surface area (Å²) in [6.07, 6.45) is 1.65. The van der Waals surface area contributed by atoms with Crippen molar-refractivity contribution < 1.29 is 9.18 Å². The maximum atomic E-state index is 13.4. The number of hydrogen-bond donors (Lipinski definition) is 1. The molecule has 0 bridgehead atoms. The zero-order valence-electron chi connectivity index (χ0n) is 14.0. The number of carbonyl (C=O) groups excluding carboxylic acids is 1. The summed E-state index contributed by atoms with van der Waals surface area (Å²) in [6.45, 7) is 0.456. The molecular weight excluding hydrogens is 327 g/mol. The first-order valence-corrected chi connectivity index (χ1v) is 8.40. The molecular formula is C22H17FN2O. The van der Waals surface area contributed by atoms with Gasteiger partial charge in [-0.2, -0.15) is 0 Å². The Hall–Kier alpha value is -3.40. The molecule has 3 nitrogen and oxygen atoms in total. The van der Waals surface area contributed by atoms with Crippen LogP contribution in [0, 0.1) is 5.82 Å². The summed E-state index contributed by atoms with van der Waals surface area (Å²) in [4.78, 5) is 18.1. The molecule has 0 aliphatic heterocycles. The Morgan fingerprint density at radius 2 is 1.62 bits per heavy atom. The quantitative estimate of drug-likeness (QED) is 0.546. The van der Waals surface area contributed by atoms with Crippen molar-refractivity contribution in [2.24, 2.45) is 0 Å². The number of rotatable bonds is 4. The third-order valence-corrected chi connectivity index (χ3v) is 4.37. The van der Waals surface area contributed by atoms with Gasteiger partial charge in [-0.3, -0.25) is 4.79 Å². The number of anilines is 1. The van der Waals surface area contributed by atoms with Crippen LogP contribution >= 0.6 is 0 Å². The molecule has 1 heterocycles. The number of aromatic amines is 1. The first kappa shape index (κ1) is 16.1. The lowest BCUT2D eigenvalue weighted by molar-refractivity contribution is 0.0986. The standard InChI is InChI=1S/C22H17FN2O/c23-17-11-12-19-20(14-24-21(19)13-17)22(26)25(18-9-5-2-6-10-18)15-16-7-3-1-4-8-16/h1-14,24H,15H2. The third-order valence-electron chi connectivity index (χ3n) is 4.37. The summed E-state index contributed by atoms with van der Waals surface area (Å²) in [5.74, 6) is -0.458. The van der Waals surface area contributed by atoms with Gasteiger partial charge in [0.05, 0.1) is 12.1 Å². The van der Waals surface area contributed by atoms with Gasteiger partial charge in [-0.1, -0.05) is 48.5 Å². The highest BCUT2D eigenvalue weighted by atomic mass is 19.1. The number of aromatic nitrogens is 1. The van der Waals surface area contributed by atoms with E-state index in [-0.39, 0.29) is 11.7 Å². The van der Waals surface area contributed by atoms with E-state index in [0.717, 1.165) is 11.3 Å². The lowest BCUT2D eigenvalue weighted by Gasteiger charge is -2.23. The Morgan fingerprint density at radius 3 is 2.35 bits per heavy atom. The van der Waals surface area contributed by atoms with Crippen LogP contribution in [0.2, 0.25) is 0 Å². The SMILES string of the molecule is O=C(c1c[nH]c2cc(F)ccc12)N(Cc1ccccc1)c1ccccc1. The molecule has 0 atom stereocenters. The number of amides is 1. The molecule has 4 aromatic rings. The van der Waals surface area contributed by atoms with Gasteiger partial charge in [0.1, 0.15) is 5.82 Å². The van der Waals surface area contributed by atoms with E-state index >= 15 is 0 Å². The van der Waals surface area contributed by atoms with Crippen LogP contribution in [-0.4, -0.2) is 10.9 Å². The minimum atomic E-state index is -0.331. The number of para-hydroxylation sites is 1. The maximum absolute atomic E-state index is 13.4. The number of benzene rings is 3. The predicted molar refractivity (Wildman–Crippen MR) is 102 cm³/mol. The molecule has 0 radical (unpaired) electrons. The van der Waals surface area contributed by atoms with Gasteiger partial charge < -0.3 is 9.88 Å². The highest BCUT2D eigenvalue weighted by molar-refractivity contribution is 6.13. The molecule has 0 spiro atoms. The molecule has 0 aliphatic rings. The van der Waals surface area contributed by atoms with Crippen LogP contribution in [0.4, 0.5) is 10.1 Å². The van der Waals surface area contributed by atoms with E-state index < -0.39 is 0 Å². The van der Waals surface area contributed by atoms with E-state index in [0.29, 0.717) is 23.0 Å². The van der Waals surface area contributed by atoms with Crippen LogP contribution in [0.25, 0.3) is 10.9 Å². The van der Waals surface area contributed by atoms with E-state index in [9.17, 15) is 9.18 Å². The lowest BCUT2D eigenvalue weighted by atomic mass is 10.1. The van der Waals surface area contributed by atoms with Crippen molar-refractivity contribution >= 4 is 22.5 Å². The second-order valence-corrected chi connectivity index (χ2v) is 6.10. The number of halogens is 1. The zero-order chi connectivity index (χ0) is 17.9. The Balaban J connectivity index is 1.76. The summed E-state index contributed by atoms with van der Waals surface area (Å²) in [6, 6.07) is 23.8. The van der Waals surface area contributed by atoms with Gasteiger partial charge in [-0.05, 0) is 35.9 Å². The van der Waals surface area contributed by atoms with Crippen LogP contribution in [0.5, 0.6) is 0 Å². The number of nitrogens with zero attached hydrogens (tertiary/aromatic N) is 1. The molecule has 4 heteroatoms. The second-order valence-electron chi connectivity index (χ2n) is 6.10. The number of hydrogen-bond acceptors (Lipinski definition) is 1. The molecule has 0 fully saturated rings. The molecule has 0 saturated heterocycles. The van der Waals surface area contributed by atoms with E-state index in [1.807, 2.05) is 60.7 Å². The summed E-state index contributed by atoms with van der Waals surface area (Å²) in [7, 11) is 0. The van der Waals surface area contributed by atoms with Crippen LogP contribution in [0.3, 0.4) is 0 Å². The largest absolute Gasteiger partial charge is 0.360 e. The number of nitrogens with one attached hydrogen (secondary N) is 1. The van der Waals surface area contributed by atoms with Crippen LogP contribution in [-0.2, 0) is 6.54 Å². The van der Waals surface area contributed by atoms with Crippen molar-refractivity contribution in [2.45, 2.75) is 6.54 Å². The molecule has 1 N–H and O–H groups in total. The van der Waals surface area contributed by atoms with E-state index in [2.05, 4.69) is 4.98 Å². The van der Waals surface area contributed by atoms with E-state index in [1.165, 1.54) is 12.1 Å². The summed E-state index contributed by atoms with van der Waals surface area (Å²) in [5, 5.41) is 0.713. The Kier molecular flexibility index (Phi) is 4.23. The molecule has 1 amide bonds. The summed E-state index contributed by atoms with van der Waals surface area (Å²) >= 11 is 0. The van der Waals surface area contributed by atoms with Crippen molar-refractivity contribution in [3.8, 4) is 0 Å². The highest BCUT2D eigenvalue weighted by Gasteiger charge is 2.21. The van der Waals surface area contributed by atoms with Crippen molar-refractivity contribution in [2.75, 3.05) is 4.90 Å². The second kappa shape index (κ2) is 6.84. The van der Waals surface area contributed by atoms with Crippen molar-refractivity contribution in [1.29, 1.82) is 0 Å². The van der Waals surface area contributed by atoms with Gasteiger partial charge in [-0.25, -0.2) is 4.39 Å². The van der Waals surface area contributed by atoms with Gasteiger partial charge in [0.25, 0.3) is 5.91 Å². The monoisotopic (exact) mass is 344 g/mol. The first-order valence-electron chi connectivity index (χ1n) is 8.40. The minimum absolute atomic E-state index is 0.127. The molecule has 3 aromatic carbocycles. The normalized spacial score (nSPS) is 10.8. The Labute approximate surface area is 150 Å². The topological polar surface area (TPSA) is 36.1 Å². The van der Waals surface area contributed by atoms with Gasteiger partial charge in [-0.15, -0.1) is 0 Å². The molecule has 26 heavy (non-hydrogen) atoms. The average molecular weight is 344 g/mol. The van der Waals surface area contributed by atoms with Gasteiger partial charge >= 0.3 is 0 Å². The van der Waals surface area contributed by atoms with Crippen molar-refractivity contribution in [1.82, 2.24) is 4.98 Å². The molecule has 4 rings (SSSR count). The van der Waals surface area contributed by atoms with Crippen LogP contribution < -0.4 is 4.90 Å². The van der Waals surface area contributed by atoms with Gasteiger partial charge in [0.15, 0.2) is 0 Å². The minimum Gasteiger partial charge on any atom is -0.360 e. The van der Waals surface area contributed by atoms with Gasteiger partial charge in [0, 0.05) is 22.8 Å². The van der Waals surface area contributed by atoms with E-state index in [1.54, 1.807) is 17.2 Å². The van der Waals surface area contributed by atoms with Crippen molar-refractivity contribution in [3.63, 3.8) is 0 Å².